The maximum absolute atomic E-state index is 2.21. The van der Waals surface area contributed by atoms with E-state index in [1.165, 1.54) is 16.7 Å². The van der Waals surface area contributed by atoms with Gasteiger partial charge in [0, 0.05) is 0 Å². The highest BCUT2D eigenvalue weighted by Crippen LogP contribution is 2.07. The van der Waals surface area contributed by atoms with E-state index in [9.17, 15) is 0 Å². The van der Waals surface area contributed by atoms with Crippen LogP contribution in [-0.2, 0) is 0 Å². The summed E-state index contributed by atoms with van der Waals surface area (Å²) < 4.78 is 0. The number of hydrogen-bond donors (Lipinski definition) is 0. The first-order chi connectivity index (χ1) is 6.60. The lowest BCUT2D eigenvalue weighted by atomic mass is 10.1. The molecule has 0 aromatic heterocycles. The highest BCUT2D eigenvalue weighted by Gasteiger charge is 1.86. The first-order valence-electron chi connectivity index (χ1n) is 5.26. The SMILES string of the molecule is C/C=C(C)/C=C(C)/C=C(C)/C=C\CC. The molecule has 14 heavy (non-hydrogen) atoms. The van der Waals surface area contributed by atoms with Crippen LogP contribution in [0, 0.1) is 0 Å². The standard InChI is InChI=1S/C14H22/c1-6-8-9-13(4)11-14(5)10-12(3)7-2/h7-11H,6H2,1-5H3/b9-8-,12-7+,13-11+,14-10+. The molecule has 0 saturated carbocycles. The number of rotatable bonds is 4. The Morgan fingerprint density at radius 1 is 0.929 bits per heavy atom. The molecule has 0 aromatic rings. The maximum Gasteiger partial charge on any atom is -0.0376 e. The number of allylic oxidation sites excluding steroid dienone is 8. The van der Waals surface area contributed by atoms with E-state index in [4.69, 9.17) is 0 Å². The van der Waals surface area contributed by atoms with E-state index in [0.717, 1.165) is 6.42 Å². The molecule has 78 valence electrons. The molecule has 0 rings (SSSR count). The van der Waals surface area contributed by atoms with E-state index in [0.29, 0.717) is 0 Å². The van der Waals surface area contributed by atoms with Crippen molar-refractivity contribution >= 4 is 0 Å². The molecule has 0 aliphatic heterocycles. The molecule has 0 amide bonds. The molecule has 0 fully saturated rings. The van der Waals surface area contributed by atoms with Crippen LogP contribution in [0.3, 0.4) is 0 Å². The summed E-state index contributed by atoms with van der Waals surface area (Å²) in [7, 11) is 0. The summed E-state index contributed by atoms with van der Waals surface area (Å²) in [6.45, 7) is 10.6. The van der Waals surface area contributed by atoms with E-state index in [1.807, 2.05) is 0 Å². The summed E-state index contributed by atoms with van der Waals surface area (Å²) in [6, 6.07) is 0. The van der Waals surface area contributed by atoms with Crippen LogP contribution in [0.15, 0.2) is 47.1 Å². The third-order valence-corrected chi connectivity index (χ3v) is 1.98. The van der Waals surface area contributed by atoms with Gasteiger partial charge in [-0.2, -0.15) is 0 Å². The monoisotopic (exact) mass is 190 g/mol. The third kappa shape index (κ3) is 6.47. The van der Waals surface area contributed by atoms with Crippen molar-refractivity contribution in [3.8, 4) is 0 Å². The predicted molar refractivity (Wildman–Crippen MR) is 66.4 cm³/mol. The zero-order valence-electron chi connectivity index (χ0n) is 10.1. The van der Waals surface area contributed by atoms with Gasteiger partial charge in [0.15, 0.2) is 0 Å². The molecular weight excluding hydrogens is 168 g/mol. The molecule has 0 radical (unpaired) electrons. The minimum absolute atomic E-state index is 1.10. The van der Waals surface area contributed by atoms with Gasteiger partial charge in [0.25, 0.3) is 0 Å². The Morgan fingerprint density at radius 2 is 1.50 bits per heavy atom. The first-order valence-corrected chi connectivity index (χ1v) is 5.26. The minimum Gasteiger partial charge on any atom is -0.0847 e. The summed E-state index contributed by atoms with van der Waals surface area (Å²) in [5, 5.41) is 0. The highest BCUT2D eigenvalue weighted by molar-refractivity contribution is 5.32. The van der Waals surface area contributed by atoms with Crippen molar-refractivity contribution in [1.82, 2.24) is 0 Å². The molecule has 0 aliphatic rings. The van der Waals surface area contributed by atoms with Gasteiger partial charge in [-0.25, -0.2) is 0 Å². The van der Waals surface area contributed by atoms with Crippen molar-refractivity contribution in [1.29, 1.82) is 0 Å². The van der Waals surface area contributed by atoms with Crippen LogP contribution in [0.25, 0.3) is 0 Å². The first kappa shape index (κ1) is 13.0. The van der Waals surface area contributed by atoms with Crippen molar-refractivity contribution < 1.29 is 0 Å². The van der Waals surface area contributed by atoms with Gasteiger partial charge in [0.2, 0.25) is 0 Å². The van der Waals surface area contributed by atoms with Gasteiger partial charge in [0.05, 0.1) is 0 Å². The van der Waals surface area contributed by atoms with Gasteiger partial charge in [-0.05, 0) is 34.1 Å². The van der Waals surface area contributed by atoms with Gasteiger partial charge in [-0.3, -0.25) is 0 Å². The van der Waals surface area contributed by atoms with E-state index in [1.54, 1.807) is 0 Å². The Kier molecular flexibility index (Phi) is 6.82. The van der Waals surface area contributed by atoms with Crippen molar-refractivity contribution in [2.24, 2.45) is 0 Å². The molecule has 0 heterocycles. The Balaban J connectivity index is 4.49. The van der Waals surface area contributed by atoms with Crippen molar-refractivity contribution in [3.63, 3.8) is 0 Å². The summed E-state index contributed by atoms with van der Waals surface area (Å²) in [4.78, 5) is 0. The molecule has 0 aliphatic carbocycles. The highest BCUT2D eigenvalue weighted by atomic mass is 13.9. The Hall–Kier alpha value is -1.04. The largest absolute Gasteiger partial charge is 0.0847 e. The lowest BCUT2D eigenvalue weighted by Gasteiger charge is -1.96. The average Bonchev–Trinajstić information content (AvgIpc) is 2.14. The van der Waals surface area contributed by atoms with E-state index >= 15 is 0 Å². The van der Waals surface area contributed by atoms with Crippen LogP contribution in [0.2, 0.25) is 0 Å². The third-order valence-electron chi connectivity index (χ3n) is 1.98. The van der Waals surface area contributed by atoms with Crippen LogP contribution in [0.4, 0.5) is 0 Å². The van der Waals surface area contributed by atoms with Crippen molar-refractivity contribution in [3.05, 3.63) is 47.1 Å². The quantitative estimate of drug-likeness (QED) is 0.558. The molecule has 0 nitrogen and oxygen atoms in total. The van der Waals surface area contributed by atoms with E-state index in [2.05, 4.69) is 65.0 Å². The lowest BCUT2D eigenvalue weighted by Crippen LogP contribution is -1.75. The minimum atomic E-state index is 1.10. The molecule has 0 bridgehead atoms. The number of hydrogen-bond acceptors (Lipinski definition) is 0. The van der Waals surface area contributed by atoms with Crippen LogP contribution in [0.1, 0.15) is 41.0 Å². The van der Waals surface area contributed by atoms with Crippen LogP contribution >= 0.6 is 0 Å². The molecule has 0 saturated heterocycles. The van der Waals surface area contributed by atoms with Crippen LogP contribution in [0.5, 0.6) is 0 Å². The van der Waals surface area contributed by atoms with Crippen molar-refractivity contribution in [2.45, 2.75) is 41.0 Å². The van der Waals surface area contributed by atoms with Gasteiger partial charge in [-0.1, -0.05) is 54.0 Å². The predicted octanol–water partition coefficient (Wildman–Crippen LogP) is 4.81. The fourth-order valence-electron chi connectivity index (χ4n) is 1.20. The molecule has 0 atom stereocenters. The van der Waals surface area contributed by atoms with Gasteiger partial charge < -0.3 is 0 Å². The normalized spacial score (nSPS) is 15.4. The fourth-order valence-corrected chi connectivity index (χ4v) is 1.20. The summed E-state index contributed by atoms with van der Waals surface area (Å²) in [6.07, 6.45) is 12.0. The molecule has 0 heteroatoms. The lowest BCUT2D eigenvalue weighted by molar-refractivity contribution is 1.22. The summed E-state index contributed by atoms with van der Waals surface area (Å²) in [5.74, 6) is 0. The smallest absolute Gasteiger partial charge is 0.0376 e. The van der Waals surface area contributed by atoms with E-state index < -0.39 is 0 Å². The van der Waals surface area contributed by atoms with Crippen LogP contribution < -0.4 is 0 Å². The van der Waals surface area contributed by atoms with Gasteiger partial charge >= 0.3 is 0 Å². The molecule has 0 spiro atoms. The van der Waals surface area contributed by atoms with Crippen LogP contribution in [-0.4, -0.2) is 0 Å². The molecular formula is C14H22. The van der Waals surface area contributed by atoms with E-state index in [-0.39, 0.29) is 0 Å². The topological polar surface area (TPSA) is 0 Å². The zero-order valence-corrected chi connectivity index (χ0v) is 10.1. The Morgan fingerprint density at radius 3 is 2.00 bits per heavy atom. The molecule has 0 aromatic carbocycles. The van der Waals surface area contributed by atoms with Crippen molar-refractivity contribution in [2.75, 3.05) is 0 Å². The fraction of sp³-hybridized carbons (Fsp3) is 0.429. The molecule has 0 unspecified atom stereocenters. The average molecular weight is 190 g/mol. The summed E-state index contributed by atoms with van der Waals surface area (Å²) >= 11 is 0. The van der Waals surface area contributed by atoms with Gasteiger partial charge in [-0.15, -0.1) is 0 Å². The zero-order chi connectivity index (χ0) is 11.0. The Bertz CT molecular complexity index is 272. The second kappa shape index (κ2) is 7.37. The molecule has 0 N–H and O–H groups in total. The van der Waals surface area contributed by atoms with Gasteiger partial charge in [0.1, 0.15) is 0 Å². The Labute approximate surface area is 88.7 Å². The second-order valence-electron chi connectivity index (χ2n) is 3.62. The maximum atomic E-state index is 2.21. The summed E-state index contributed by atoms with van der Waals surface area (Å²) in [5.41, 5.74) is 3.93. The second-order valence-corrected chi connectivity index (χ2v) is 3.62.